The van der Waals surface area contributed by atoms with Crippen molar-refractivity contribution in [2.24, 2.45) is 0 Å². The molecule has 0 unspecified atom stereocenters. The monoisotopic (exact) mass is 158 g/mol. The van der Waals surface area contributed by atoms with Crippen molar-refractivity contribution in [3.05, 3.63) is 35.4 Å². The zero-order valence-electron chi connectivity index (χ0n) is 6.96. The van der Waals surface area contributed by atoms with Gasteiger partial charge in [0.05, 0.1) is 18.2 Å². The SMILES string of the molecule is Cc1cccc(C(=N)CC#N)c1. The van der Waals surface area contributed by atoms with E-state index in [2.05, 4.69) is 0 Å². The highest BCUT2D eigenvalue weighted by Crippen LogP contribution is 2.05. The van der Waals surface area contributed by atoms with Crippen molar-refractivity contribution in [3.8, 4) is 6.07 Å². The van der Waals surface area contributed by atoms with Gasteiger partial charge in [0.15, 0.2) is 0 Å². The molecule has 1 aromatic carbocycles. The molecular formula is C10H10N2. The Bertz CT molecular complexity index is 334. The van der Waals surface area contributed by atoms with E-state index in [1.54, 1.807) is 0 Å². The first kappa shape index (κ1) is 8.48. The number of aryl methyl sites for hydroxylation is 1. The van der Waals surface area contributed by atoms with Crippen LogP contribution >= 0.6 is 0 Å². The zero-order valence-corrected chi connectivity index (χ0v) is 6.96. The summed E-state index contributed by atoms with van der Waals surface area (Å²) in [4.78, 5) is 0. The third kappa shape index (κ3) is 1.93. The average molecular weight is 158 g/mol. The van der Waals surface area contributed by atoms with Crippen LogP contribution in [0.25, 0.3) is 0 Å². The molecule has 0 aromatic heterocycles. The van der Waals surface area contributed by atoms with Gasteiger partial charge in [0, 0.05) is 0 Å². The summed E-state index contributed by atoms with van der Waals surface area (Å²) in [5.74, 6) is 0. The minimum atomic E-state index is 0.184. The van der Waals surface area contributed by atoms with Crippen LogP contribution < -0.4 is 0 Å². The Labute approximate surface area is 72.0 Å². The number of benzene rings is 1. The molecule has 0 spiro atoms. The minimum absolute atomic E-state index is 0.184. The normalized spacial score (nSPS) is 9.00. The summed E-state index contributed by atoms with van der Waals surface area (Å²) >= 11 is 0. The van der Waals surface area contributed by atoms with E-state index in [0.29, 0.717) is 5.71 Å². The molecule has 0 aliphatic carbocycles. The number of nitrogens with zero attached hydrogens (tertiary/aromatic N) is 1. The van der Waals surface area contributed by atoms with Gasteiger partial charge in [-0.2, -0.15) is 5.26 Å². The summed E-state index contributed by atoms with van der Waals surface area (Å²) < 4.78 is 0. The van der Waals surface area contributed by atoms with Crippen molar-refractivity contribution in [1.82, 2.24) is 0 Å². The first-order valence-electron chi connectivity index (χ1n) is 3.75. The van der Waals surface area contributed by atoms with E-state index in [0.717, 1.165) is 11.1 Å². The number of hydrogen-bond acceptors (Lipinski definition) is 2. The van der Waals surface area contributed by atoms with Gasteiger partial charge in [0.1, 0.15) is 0 Å². The molecule has 0 saturated heterocycles. The molecule has 0 saturated carbocycles. The fourth-order valence-electron chi connectivity index (χ4n) is 1.01. The molecule has 60 valence electrons. The molecular weight excluding hydrogens is 148 g/mol. The van der Waals surface area contributed by atoms with Gasteiger partial charge in [-0.3, -0.25) is 0 Å². The first-order valence-corrected chi connectivity index (χ1v) is 3.75. The molecule has 0 aliphatic rings. The lowest BCUT2D eigenvalue weighted by Crippen LogP contribution is -1.96. The first-order chi connectivity index (χ1) is 5.74. The second-order valence-electron chi connectivity index (χ2n) is 2.68. The molecule has 1 aromatic rings. The molecule has 0 fully saturated rings. The number of nitriles is 1. The quantitative estimate of drug-likeness (QED) is 0.659. The number of rotatable bonds is 2. The summed E-state index contributed by atoms with van der Waals surface area (Å²) in [7, 11) is 0. The highest BCUT2D eigenvalue weighted by Gasteiger charge is 1.99. The van der Waals surface area contributed by atoms with Gasteiger partial charge in [-0.25, -0.2) is 0 Å². The van der Waals surface area contributed by atoms with Crippen LogP contribution in [0.4, 0.5) is 0 Å². The molecule has 0 aliphatic heterocycles. The molecule has 2 nitrogen and oxygen atoms in total. The second kappa shape index (κ2) is 3.68. The van der Waals surface area contributed by atoms with Gasteiger partial charge in [0.25, 0.3) is 0 Å². The van der Waals surface area contributed by atoms with Crippen LogP contribution in [0.2, 0.25) is 0 Å². The summed E-state index contributed by atoms with van der Waals surface area (Å²) in [6.07, 6.45) is 0.184. The molecule has 0 atom stereocenters. The Morgan fingerprint density at radius 2 is 2.33 bits per heavy atom. The van der Waals surface area contributed by atoms with Crippen molar-refractivity contribution >= 4 is 5.71 Å². The van der Waals surface area contributed by atoms with E-state index in [1.165, 1.54) is 0 Å². The second-order valence-corrected chi connectivity index (χ2v) is 2.68. The van der Waals surface area contributed by atoms with Gasteiger partial charge < -0.3 is 5.41 Å². The molecule has 0 heterocycles. The highest BCUT2D eigenvalue weighted by molar-refractivity contribution is 5.99. The summed E-state index contributed by atoms with van der Waals surface area (Å²) in [6.45, 7) is 1.98. The van der Waals surface area contributed by atoms with Gasteiger partial charge >= 0.3 is 0 Å². The van der Waals surface area contributed by atoms with E-state index in [-0.39, 0.29) is 6.42 Å². The number of nitrogens with one attached hydrogen (secondary N) is 1. The van der Waals surface area contributed by atoms with E-state index < -0.39 is 0 Å². The maximum Gasteiger partial charge on any atom is 0.0773 e. The smallest absolute Gasteiger partial charge is 0.0773 e. The molecule has 0 bridgehead atoms. The van der Waals surface area contributed by atoms with Crippen LogP contribution in [0.1, 0.15) is 17.5 Å². The lowest BCUT2D eigenvalue weighted by molar-refractivity contribution is 1.33. The summed E-state index contributed by atoms with van der Waals surface area (Å²) in [5.41, 5.74) is 2.35. The van der Waals surface area contributed by atoms with Crippen LogP contribution in [0.15, 0.2) is 24.3 Å². The van der Waals surface area contributed by atoms with Crippen molar-refractivity contribution < 1.29 is 0 Å². The lowest BCUT2D eigenvalue weighted by atomic mass is 10.1. The van der Waals surface area contributed by atoms with E-state index in [4.69, 9.17) is 10.7 Å². The topological polar surface area (TPSA) is 47.6 Å². The van der Waals surface area contributed by atoms with Crippen LogP contribution in [0.3, 0.4) is 0 Å². The van der Waals surface area contributed by atoms with E-state index in [1.807, 2.05) is 37.3 Å². The fourth-order valence-corrected chi connectivity index (χ4v) is 1.01. The van der Waals surface area contributed by atoms with Gasteiger partial charge in [-0.05, 0) is 12.5 Å². The van der Waals surface area contributed by atoms with Gasteiger partial charge in [0.2, 0.25) is 0 Å². The van der Waals surface area contributed by atoms with Gasteiger partial charge in [-0.1, -0.05) is 29.8 Å². The zero-order chi connectivity index (χ0) is 8.97. The maximum absolute atomic E-state index is 8.38. The Hall–Kier alpha value is -1.62. The Balaban J connectivity index is 2.90. The van der Waals surface area contributed by atoms with Crippen molar-refractivity contribution in [3.63, 3.8) is 0 Å². The summed E-state index contributed by atoms with van der Waals surface area (Å²) in [5, 5.41) is 15.9. The molecule has 1 rings (SSSR count). The molecule has 1 N–H and O–H groups in total. The summed E-state index contributed by atoms with van der Waals surface area (Å²) in [6, 6.07) is 9.61. The predicted octanol–water partition coefficient (Wildman–Crippen LogP) is 2.28. The fraction of sp³-hybridized carbons (Fsp3) is 0.200. The minimum Gasteiger partial charge on any atom is -0.304 e. The van der Waals surface area contributed by atoms with E-state index >= 15 is 0 Å². The van der Waals surface area contributed by atoms with Gasteiger partial charge in [-0.15, -0.1) is 0 Å². The van der Waals surface area contributed by atoms with Crippen LogP contribution in [0.5, 0.6) is 0 Å². The maximum atomic E-state index is 8.38. The Kier molecular flexibility index (Phi) is 2.60. The molecule has 12 heavy (non-hydrogen) atoms. The highest BCUT2D eigenvalue weighted by atomic mass is 14.4. The van der Waals surface area contributed by atoms with Crippen LogP contribution in [-0.4, -0.2) is 5.71 Å². The molecule has 2 heteroatoms. The molecule has 0 amide bonds. The number of hydrogen-bond donors (Lipinski definition) is 1. The van der Waals surface area contributed by atoms with Crippen molar-refractivity contribution in [2.45, 2.75) is 13.3 Å². The lowest BCUT2D eigenvalue weighted by Gasteiger charge is -1.99. The van der Waals surface area contributed by atoms with Crippen molar-refractivity contribution in [1.29, 1.82) is 10.7 Å². The standard InChI is InChI=1S/C10H10N2/c1-8-3-2-4-9(7-8)10(12)5-6-11/h2-4,7,12H,5H2,1H3. The largest absolute Gasteiger partial charge is 0.304 e. The Morgan fingerprint density at radius 1 is 1.58 bits per heavy atom. The Morgan fingerprint density at radius 3 is 2.92 bits per heavy atom. The van der Waals surface area contributed by atoms with Crippen LogP contribution in [0, 0.1) is 23.7 Å². The van der Waals surface area contributed by atoms with Crippen LogP contribution in [-0.2, 0) is 0 Å². The third-order valence-electron chi connectivity index (χ3n) is 1.62. The van der Waals surface area contributed by atoms with E-state index in [9.17, 15) is 0 Å². The molecule has 0 radical (unpaired) electrons. The predicted molar refractivity (Wildman–Crippen MR) is 48.2 cm³/mol. The van der Waals surface area contributed by atoms with Crippen molar-refractivity contribution in [2.75, 3.05) is 0 Å². The third-order valence-corrected chi connectivity index (χ3v) is 1.62. The average Bonchev–Trinajstić information content (AvgIpc) is 2.05.